The van der Waals surface area contributed by atoms with E-state index >= 15 is 0 Å². The highest BCUT2D eigenvalue weighted by atomic mass is 32.2. The minimum absolute atomic E-state index is 0.451. The zero-order valence-corrected chi connectivity index (χ0v) is 12.1. The summed E-state index contributed by atoms with van der Waals surface area (Å²) < 4.78 is 34.8. The molecule has 0 N–H and O–H groups in total. The van der Waals surface area contributed by atoms with Crippen molar-refractivity contribution in [3.8, 4) is 0 Å². The molecule has 0 fully saturated rings. The molecule has 1 rings (SSSR count). The van der Waals surface area contributed by atoms with Gasteiger partial charge in [0.05, 0.1) is 47.1 Å². The number of hydrogen-bond acceptors (Lipinski definition) is 3. The van der Waals surface area contributed by atoms with Crippen LogP contribution in [0.15, 0.2) is 26.8 Å². The Balaban J connectivity index is 3.67. The summed E-state index contributed by atoms with van der Waals surface area (Å²) in [6.07, 6.45) is 4.58. The van der Waals surface area contributed by atoms with Crippen molar-refractivity contribution in [2.75, 3.05) is 18.8 Å². The molecule has 0 aliphatic heterocycles. The van der Waals surface area contributed by atoms with Crippen LogP contribution >= 0.6 is 0 Å². The van der Waals surface area contributed by atoms with E-state index in [1.54, 1.807) is 12.1 Å². The first kappa shape index (κ1) is 13.7. The van der Waals surface area contributed by atoms with Crippen molar-refractivity contribution in [1.82, 2.24) is 0 Å². The van der Waals surface area contributed by atoms with Gasteiger partial charge in [-0.2, -0.15) is 0 Å². The normalized spacial score (nSPS) is 16.8. The van der Waals surface area contributed by atoms with Crippen LogP contribution in [-0.4, -0.2) is 31.4 Å². The first-order valence-electron chi connectivity index (χ1n) is 4.49. The van der Waals surface area contributed by atoms with E-state index < -0.39 is 32.4 Å². The van der Waals surface area contributed by atoms with Gasteiger partial charge in [0.15, 0.2) is 0 Å². The molecule has 0 aliphatic carbocycles. The summed E-state index contributed by atoms with van der Waals surface area (Å²) in [6.45, 7) is 1.84. The number of benzene rings is 1. The van der Waals surface area contributed by atoms with Gasteiger partial charge in [-0.1, -0.05) is 0 Å². The topological polar surface area (TPSA) is 51.2 Å². The van der Waals surface area contributed by atoms with Gasteiger partial charge in [0.25, 0.3) is 0 Å². The first-order chi connectivity index (χ1) is 7.34. The van der Waals surface area contributed by atoms with Crippen LogP contribution < -0.4 is 0 Å². The minimum atomic E-state index is -1.29. The third-order valence-corrected chi connectivity index (χ3v) is 5.23. The summed E-state index contributed by atoms with van der Waals surface area (Å²) >= 11 is 0. The summed E-state index contributed by atoms with van der Waals surface area (Å²) in [5, 5.41) is 0. The monoisotopic (exact) mass is 278 g/mol. The molecule has 0 saturated carbocycles. The van der Waals surface area contributed by atoms with Crippen LogP contribution in [0.3, 0.4) is 0 Å². The maximum absolute atomic E-state index is 11.6. The summed E-state index contributed by atoms with van der Waals surface area (Å²) in [4.78, 5) is 1.49. The van der Waals surface area contributed by atoms with Crippen molar-refractivity contribution in [2.24, 2.45) is 0 Å². The molecule has 3 unspecified atom stereocenters. The zero-order valence-electron chi connectivity index (χ0n) is 9.60. The van der Waals surface area contributed by atoms with E-state index in [2.05, 4.69) is 0 Å². The van der Waals surface area contributed by atoms with Gasteiger partial charge in [0.1, 0.15) is 0 Å². The van der Waals surface area contributed by atoms with E-state index in [-0.39, 0.29) is 0 Å². The number of aryl methyl sites for hydroxylation is 1. The fourth-order valence-corrected chi connectivity index (χ4v) is 5.02. The molecule has 0 saturated heterocycles. The second-order valence-electron chi connectivity index (χ2n) is 3.45. The fraction of sp³-hybridized carbons (Fsp3) is 0.400. The van der Waals surface area contributed by atoms with E-state index in [4.69, 9.17) is 0 Å². The minimum Gasteiger partial charge on any atom is -0.255 e. The van der Waals surface area contributed by atoms with E-state index in [1.165, 1.54) is 18.8 Å². The highest BCUT2D eigenvalue weighted by Gasteiger charge is 2.17. The molecule has 6 heteroatoms. The van der Waals surface area contributed by atoms with Crippen LogP contribution in [0.1, 0.15) is 5.56 Å². The lowest BCUT2D eigenvalue weighted by Gasteiger charge is -2.10. The van der Waals surface area contributed by atoms with E-state index in [1.807, 2.05) is 6.92 Å². The number of hydrogen-bond donors (Lipinski definition) is 0. The highest BCUT2D eigenvalue weighted by Crippen LogP contribution is 2.25. The third-order valence-electron chi connectivity index (χ3n) is 2.07. The smallest absolute Gasteiger partial charge is 0.0707 e. The average Bonchev–Trinajstić information content (AvgIpc) is 2.15. The molecule has 1 aromatic rings. The Hall–Kier alpha value is -0.330. The lowest BCUT2D eigenvalue weighted by Crippen LogP contribution is -2.05. The van der Waals surface area contributed by atoms with Gasteiger partial charge in [-0.05, 0) is 24.6 Å². The van der Waals surface area contributed by atoms with Crippen molar-refractivity contribution < 1.29 is 12.6 Å². The second kappa shape index (κ2) is 5.33. The van der Waals surface area contributed by atoms with Gasteiger partial charge in [-0.25, -0.2) is 0 Å². The van der Waals surface area contributed by atoms with Crippen LogP contribution in [-0.2, 0) is 32.4 Å². The molecular formula is C10H14O3S3. The van der Waals surface area contributed by atoms with Crippen molar-refractivity contribution in [3.05, 3.63) is 17.7 Å². The average molecular weight is 278 g/mol. The summed E-state index contributed by atoms with van der Waals surface area (Å²) in [7, 11) is -3.74. The summed E-state index contributed by atoms with van der Waals surface area (Å²) in [6, 6.07) is 3.48. The molecular weight excluding hydrogens is 264 g/mol. The Morgan fingerprint density at radius 1 is 0.812 bits per heavy atom. The predicted octanol–water partition coefficient (Wildman–Crippen LogP) is 1.21. The van der Waals surface area contributed by atoms with Crippen LogP contribution in [0.4, 0.5) is 0 Å². The van der Waals surface area contributed by atoms with Gasteiger partial charge < -0.3 is 0 Å². The summed E-state index contributed by atoms with van der Waals surface area (Å²) in [5.41, 5.74) is 0.879. The molecule has 1 aromatic carbocycles. The van der Waals surface area contributed by atoms with Crippen LogP contribution in [0.5, 0.6) is 0 Å². The number of rotatable bonds is 3. The van der Waals surface area contributed by atoms with Gasteiger partial charge in [-0.3, -0.25) is 12.6 Å². The van der Waals surface area contributed by atoms with Crippen LogP contribution in [0.2, 0.25) is 0 Å². The van der Waals surface area contributed by atoms with Crippen LogP contribution in [0, 0.1) is 6.92 Å². The molecule has 3 nitrogen and oxygen atoms in total. The van der Waals surface area contributed by atoms with Gasteiger partial charge in [0, 0.05) is 18.8 Å². The quantitative estimate of drug-likeness (QED) is 0.835. The van der Waals surface area contributed by atoms with E-state index in [0.717, 1.165) is 5.56 Å². The molecule has 16 heavy (non-hydrogen) atoms. The van der Waals surface area contributed by atoms with Crippen LogP contribution in [0.25, 0.3) is 0 Å². The Morgan fingerprint density at radius 3 is 1.44 bits per heavy atom. The maximum Gasteiger partial charge on any atom is 0.0707 e. The van der Waals surface area contributed by atoms with Crippen molar-refractivity contribution in [1.29, 1.82) is 0 Å². The SMILES string of the molecule is Cc1cc(S(C)=O)c(S(C)=O)c(S(C)=O)c1. The van der Waals surface area contributed by atoms with Gasteiger partial charge in [0.2, 0.25) is 0 Å². The molecule has 0 amide bonds. The molecule has 0 aliphatic rings. The molecule has 0 bridgehead atoms. The summed E-state index contributed by atoms with van der Waals surface area (Å²) in [5.74, 6) is 0. The second-order valence-corrected chi connectivity index (χ2v) is 7.47. The molecule has 0 heterocycles. The van der Waals surface area contributed by atoms with Gasteiger partial charge >= 0.3 is 0 Å². The largest absolute Gasteiger partial charge is 0.255 e. The molecule has 3 atom stereocenters. The lowest BCUT2D eigenvalue weighted by molar-refractivity contribution is 0.671. The lowest BCUT2D eigenvalue weighted by atomic mass is 10.2. The maximum atomic E-state index is 11.6. The molecule has 0 spiro atoms. The fourth-order valence-electron chi connectivity index (χ4n) is 1.42. The first-order valence-corrected chi connectivity index (χ1v) is 9.17. The Morgan fingerprint density at radius 2 is 1.19 bits per heavy atom. The predicted molar refractivity (Wildman–Crippen MR) is 68.2 cm³/mol. The van der Waals surface area contributed by atoms with E-state index in [9.17, 15) is 12.6 Å². The zero-order chi connectivity index (χ0) is 12.5. The Bertz CT molecular complexity index is 459. The Kier molecular flexibility index (Phi) is 4.58. The van der Waals surface area contributed by atoms with Crippen molar-refractivity contribution >= 4 is 32.4 Å². The van der Waals surface area contributed by atoms with Crippen molar-refractivity contribution in [2.45, 2.75) is 21.6 Å². The van der Waals surface area contributed by atoms with Gasteiger partial charge in [-0.15, -0.1) is 0 Å². The Labute approximate surface area is 103 Å². The third kappa shape index (κ3) is 2.87. The molecule has 0 radical (unpaired) electrons. The highest BCUT2D eigenvalue weighted by molar-refractivity contribution is 7.89. The molecule has 0 aromatic heterocycles. The van der Waals surface area contributed by atoms with Crippen molar-refractivity contribution in [3.63, 3.8) is 0 Å². The standard InChI is InChI=1S/C10H14O3S3/c1-7-5-8(14(2)11)10(16(4)13)9(6-7)15(3)12/h5-6H,1-4H3. The molecule has 90 valence electrons. The van der Waals surface area contributed by atoms with E-state index in [0.29, 0.717) is 14.7 Å².